The molecule has 3 aromatic rings. The summed E-state index contributed by atoms with van der Waals surface area (Å²) in [4.78, 5) is 20.3. The zero-order chi connectivity index (χ0) is 24.5. The topological polar surface area (TPSA) is 130 Å². The van der Waals surface area contributed by atoms with Crippen LogP contribution >= 0.6 is 0 Å². The highest BCUT2D eigenvalue weighted by atomic mass is 32.2. The molecule has 2 N–H and O–H groups in total. The summed E-state index contributed by atoms with van der Waals surface area (Å²) >= 11 is 0. The van der Waals surface area contributed by atoms with E-state index < -0.39 is 10.0 Å². The average Bonchev–Trinajstić information content (AvgIpc) is 3.09. The molecule has 0 saturated carbocycles. The Kier molecular flexibility index (Phi) is 7.06. The molecular formula is C23H31N5O5S. The summed E-state index contributed by atoms with van der Waals surface area (Å²) in [5.74, 6) is 1.59. The molecule has 1 fully saturated rings. The van der Waals surface area contributed by atoms with E-state index in [1.807, 2.05) is 13.8 Å². The number of H-pyrrole nitrogens is 1. The number of nitrogens with zero attached hydrogens (tertiary/aromatic N) is 4. The number of benzene rings is 1. The van der Waals surface area contributed by atoms with E-state index >= 15 is 0 Å². The molecule has 0 atom stereocenters. The predicted octanol–water partition coefficient (Wildman–Crippen LogP) is 2.14. The molecule has 0 amide bonds. The van der Waals surface area contributed by atoms with Crippen LogP contribution in [0.4, 0.5) is 0 Å². The molecule has 4 rings (SSSR count). The fourth-order valence-corrected chi connectivity index (χ4v) is 5.93. The van der Waals surface area contributed by atoms with Crippen LogP contribution in [-0.2, 0) is 16.4 Å². The predicted molar refractivity (Wildman–Crippen MR) is 128 cm³/mol. The van der Waals surface area contributed by atoms with Crippen molar-refractivity contribution < 1.29 is 18.3 Å². The highest BCUT2D eigenvalue weighted by molar-refractivity contribution is 7.89. The Morgan fingerprint density at radius 3 is 2.71 bits per heavy atom. The van der Waals surface area contributed by atoms with E-state index in [2.05, 4.69) is 15.1 Å². The van der Waals surface area contributed by atoms with Crippen molar-refractivity contribution in [3.8, 4) is 17.1 Å². The first-order valence-electron chi connectivity index (χ1n) is 11.7. The van der Waals surface area contributed by atoms with E-state index in [1.54, 1.807) is 17.5 Å². The number of aliphatic hydroxyl groups is 1. The van der Waals surface area contributed by atoms with Crippen LogP contribution in [0, 0.1) is 12.8 Å². The van der Waals surface area contributed by atoms with Gasteiger partial charge in [0, 0.05) is 26.1 Å². The number of aryl methyl sites for hydroxylation is 2. The highest BCUT2D eigenvalue weighted by Gasteiger charge is 2.36. The van der Waals surface area contributed by atoms with Gasteiger partial charge in [-0.3, -0.25) is 4.79 Å². The van der Waals surface area contributed by atoms with Gasteiger partial charge in [-0.05, 0) is 57.2 Å². The lowest BCUT2D eigenvalue weighted by Gasteiger charge is -2.38. The minimum Gasteiger partial charge on any atom is -0.493 e. The minimum absolute atomic E-state index is 0.109. The van der Waals surface area contributed by atoms with Gasteiger partial charge in [0.1, 0.15) is 11.6 Å². The molecule has 0 spiro atoms. The number of sulfonamides is 1. The van der Waals surface area contributed by atoms with Crippen LogP contribution in [-0.4, -0.2) is 63.7 Å². The number of hydrogen-bond donors (Lipinski definition) is 2. The Balaban J connectivity index is 1.76. The molecule has 11 heteroatoms. The van der Waals surface area contributed by atoms with Gasteiger partial charge in [-0.25, -0.2) is 17.9 Å². The Bertz CT molecular complexity index is 1340. The maximum absolute atomic E-state index is 13.2. The first kappa shape index (κ1) is 24.4. The van der Waals surface area contributed by atoms with Gasteiger partial charge in [0.25, 0.3) is 5.56 Å². The molecule has 0 radical (unpaired) electrons. The zero-order valence-corrected chi connectivity index (χ0v) is 20.6. The van der Waals surface area contributed by atoms with E-state index in [0.29, 0.717) is 60.9 Å². The van der Waals surface area contributed by atoms with Gasteiger partial charge in [0.05, 0.1) is 22.8 Å². The quantitative estimate of drug-likeness (QED) is 0.446. The van der Waals surface area contributed by atoms with Gasteiger partial charge in [-0.1, -0.05) is 6.92 Å². The van der Waals surface area contributed by atoms with Gasteiger partial charge in [-0.2, -0.15) is 4.31 Å². The normalized spacial score (nSPS) is 15.1. The van der Waals surface area contributed by atoms with Crippen LogP contribution in [0.5, 0.6) is 5.75 Å². The number of nitrogens with one attached hydrogen (secondary N) is 1. The number of aromatic nitrogens is 4. The molecule has 1 aromatic carbocycles. The third-order valence-corrected chi connectivity index (χ3v) is 7.88. The first-order valence-corrected chi connectivity index (χ1v) is 13.1. The van der Waals surface area contributed by atoms with Crippen LogP contribution in [0.1, 0.15) is 44.6 Å². The second-order valence-electron chi connectivity index (χ2n) is 8.57. The van der Waals surface area contributed by atoms with Gasteiger partial charge < -0.3 is 14.8 Å². The van der Waals surface area contributed by atoms with Crippen molar-refractivity contribution in [3.63, 3.8) is 0 Å². The summed E-state index contributed by atoms with van der Waals surface area (Å²) < 4.78 is 35.2. The molecule has 10 nitrogen and oxygen atoms in total. The molecule has 1 aliphatic rings. The summed E-state index contributed by atoms with van der Waals surface area (Å²) in [6.45, 7) is 6.97. The fraction of sp³-hybridized carbons (Fsp3) is 0.522. The molecule has 184 valence electrons. The Morgan fingerprint density at radius 1 is 1.26 bits per heavy atom. The molecule has 34 heavy (non-hydrogen) atoms. The number of ether oxygens (including phenoxy) is 1. The lowest BCUT2D eigenvalue weighted by Crippen LogP contribution is -2.49. The largest absolute Gasteiger partial charge is 0.493 e. The Hall–Kier alpha value is -2.76. The lowest BCUT2D eigenvalue weighted by molar-refractivity contribution is 0.173. The fourth-order valence-electron chi connectivity index (χ4n) is 4.31. The number of imidazole rings is 1. The van der Waals surface area contributed by atoms with Crippen LogP contribution in [0.15, 0.2) is 27.9 Å². The standard InChI is InChI=1S/C23H31N5O5S/c1-4-7-20-24-15(3)21-23(30)25-22(26-28(20)21)18-12-17(9-10-19(18)33-5-2)34(31,32)27-13-16(14-27)8-6-11-29/h9-10,12,16,29H,4-8,11,13-14H2,1-3H3,(H,25,26,30). The summed E-state index contributed by atoms with van der Waals surface area (Å²) in [5.41, 5.74) is 1.03. The highest BCUT2D eigenvalue weighted by Crippen LogP contribution is 2.34. The van der Waals surface area contributed by atoms with Gasteiger partial charge in [0.15, 0.2) is 11.3 Å². The van der Waals surface area contributed by atoms with E-state index in [0.717, 1.165) is 12.8 Å². The maximum Gasteiger partial charge on any atom is 0.277 e. The van der Waals surface area contributed by atoms with Crippen molar-refractivity contribution >= 4 is 15.5 Å². The van der Waals surface area contributed by atoms with Crippen molar-refractivity contribution in [2.45, 2.75) is 51.3 Å². The molecule has 1 aliphatic heterocycles. The number of fused-ring (bicyclic) bond motifs is 1. The molecule has 0 aliphatic carbocycles. The van der Waals surface area contributed by atoms with Gasteiger partial charge in [0.2, 0.25) is 10.0 Å². The maximum atomic E-state index is 13.2. The van der Waals surface area contributed by atoms with E-state index in [1.165, 1.54) is 16.4 Å². The molecule has 2 aromatic heterocycles. The number of hydrogen-bond acceptors (Lipinski definition) is 7. The van der Waals surface area contributed by atoms with Crippen LogP contribution in [0.2, 0.25) is 0 Å². The van der Waals surface area contributed by atoms with Crippen molar-refractivity contribution in [2.24, 2.45) is 5.92 Å². The van der Waals surface area contributed by atoms with Gasteiger partial charge >= 0.3 is 0 Å². The average molecular weight is 490 g/mol. The summed E-state index contributed by atoms with van der Waals surface area (Å²) in [6.07, 6.45) is 2.97. The zero-order valence-electron chi connectivity index (χ0n) is 19.7. The van der Waals surface area contributed by atoms with Crippen LogP contribution < -0.4 is 10.3 Å². The number of rotatable bonds is 10. The van der Waals surface area contributed by atoms with Crippen molar-refractivity contribution in [1.29, 1.82) is 0 Å². The molecule has 3 heterocycles. The third kappa shape index (κ3) is 4.47. The van der Waals surface area contributed by atoms with E-state index in [9.17, 15) is 13.2 Å². The van der Waals surface area contributed by atoms with E-state index in [-0.39, 0.29) is 28.8 Å². The van der Waals surface area contributed by atoms with Gasteiger partial charge in [-0.15, -0.1) is 5.10 Å². The van der Waals surface area contributed by atoms with Crippen LogP contribution in [0.25, 0.3) is 16.9 Å². The van der Waals surface area contributed by atoms with Crippen molar-refractivity contribution in [2.75, 3.05) is 26.3 Å². The molecule has 0 bridgehead atoms. The smallest absolute Gasteiger partial charge is 0.277 e. The number of aromatic amines is 1. The molecule has 0 unspecified atom stereocenters. The molecular weight excluding hydrogens is 458 g/mol. The third-order valence-electron chi connectivity index (χ3n) is 6.05. The van der Waals surface area contributed by atoms with Crippen molar-refractivity contribution in [1.82, 2.24) is 23.9 Å². The SMILES string of the molecule is CCCc1nc(C)c2c(=O)[nH]c(-c3cc(S(=O)(=O)N4CC(CCCO)C4)ccc3OCC)nn12. The van der Waals surface area contributed by atoms with Crippen LogP contribution in [0.3, 0.4) is 0 Å². The Labute approximate surface area is 198 Å². The summed E-state index contributed by atoms with van der Waals surface area (Å²) in [6, 6.07) is 4.63. The minimum atomic E-state index is -3.71. The van der Waals surface area contributed by atoms with E-state index in [4.69, 9.17) is 9.84 Å². The first-order chi connectivity index (χ1) is 16.3. The summed E-state index contributed by atoms with van der Waals surface area (Å²) in [5, 5.41) is 13.6. The number of aliphatic hydroxyl groups excluding tert-OH is 1. The lowest BCUT2D eigenvalue weighted by atomic mass is 9.98. The molecule has 1 saturated heterocycles. The summed E-state index contributed by atoms with van der Waals surface area (Å²) in [7, 11) is -3.71. The second kappa shape index (κ2) is 9.85. The Morgan fingerprint density at radius 2 is 2.03 bits per heavy atom. The monoisotopic (exact) mass is 489 g/mol. The second-order valence-corrected chi connectivity index (χ2v) is 10.5. The van der Waals surface area contributed by atoms with Crippen molar-refractivity contribution in [3.05, 3.63) is 40.1 Å².